The molecule has 3 rings (SSSR count). The van der Waals surface area contributed by atoms with Crippen LogP contribution in [0.3, 0.4) is 0 Å². The summed E-state index contributed by atoms with van der Waals surface area (Å²) in [7, 11) is 0. The third kappa shape index (κ3) is 2.43. The summed E-state index contributed by atoms with van der Waals surface area (Å²) in [6.07, 6.45) is 2.43. The van der Waals surface area contributed by atoms with Crippen LogP contribution in [0.15, 0.2) is 22.8 Å². The number of hydrogen-bond donors (Lipinski definition) is 0. The smallest absolute Gasteiger partial charge is 0.133 e. The zero-order valence-corrected chi connectivity index (χ0v) is 12.0. The Morgan fingerprint density at radius 1 is 1.00 bits per heavy atom. The van der Waals surface area contributed by atoms with Crippen LogP contribution in [0.5, 0.6) is 0 Å². The topological polar surface area (TPSA) is 38.7 Å². The van der Waals surface area contributed by atoms with Gasteiger partial charge in [0.1, 0.15) is 10.4 Å². The number of rotatable bonds is 2. The fraction of sp³-hybridized carbons (Fsp3) is 0.357. The van der Waals surface area contributed by atoms with Crippen molar-refractivity contribution in [3.63, 3.8) is 0 Å². The molecule has 0 radical (unpaired) electrons. The molecule has 0 unspecified atom stereocenters. The lowest BCUT2D eigenvalue weighted by molar-refractivity contribution is 0.918. The van der Waals surface area contributed by atoms with Crippen molar-refractivity contribution in [3.05, 3.63) is 40.0 Å². The van der Waals surface area contributed by atoms with E-state index in [4.69, 9.17) is 0 Å². The highest BCUT2D eigenvalue weighted by molar-refractivity contribution is 9.10. The maximum absolute atomic E-state index is 4.68. The Morgan fingerprint density at radius 3 is 2.28 bits per heavy atom. The summed E-state index contributed by atoms with van der Waals surface area (Å²) in [5.74, 6) is 1.52. The van der Waals surface area contributed by atoms with Gasteiger partial charge in [-0.15, -0.1) is 0 Å². The Labute approximate surface area is 115 Å². The lowest BCUT2D eigenvalue weighted by Crippen LogP contribution is -1.97. The van der Waals surface area contributed by atoms with Crippen molar-refractivity contribution in [1.82, 2.24) is 15.0 Å². The molecule has 2 aromatic heterocycles. The molecule has 1 fully saturated rings. The first-order chi connectivity index (χ1) is 8.61. The molecule has 0 saturated heterocycles. The van der Waals surface area contributed by atoms with E-state index in [2.05, 4.69) is 43.0 Å². The molecule has 0 bridgehead atoms. The molecule has 3 nitrogen and oxygen atoms in total. The number of aromatic nitrogens is 3. The first kappa shape index (κ1) is 11.8. The van der Waals surface area contributed by atoms with Crippen molar-refractivity contribution in [1.29, 1.82) is 0 Å². The third-order valence-corrected chi connectivity index (χ3v) is 3.44. The molecule has 4 heteroatoms. The fourth-order valence-electron chi connectivity index (χ4n) is 2.09. The number of halogens is 1. The molecule has 0 amide bonds. The predicted molar refractivity (Wildman–Crippen MR) is 74.4 cm³/mol. The highest BCUT2D eigenvalue weighted by atomic mass is 79.9. The van der Waals surface area contributed by atoms with Gasteiger partial charge in [0.25, 0.3) is 0 Å². The van der Waals surface area contributed by atoms with E-state index >= 15 is 0 Å². The summed E-state index contributed by atoms with van der Waals surface area (Å²) in [6, 6.07) is 6.11. The molecule has 0 atom stereocenters. The SMILES string of the molecule is Cc1cc(-c2cc(Br)nc(C3CC3)n2)cc(C)n1. The summed E-state index contributed by atoms with van der Waals surface area (Å²) in [5.41, 5.74) is 4.14. The molecule has 0 N–H and O–H groups in total. The van der Waals surface area contributed by atoms with Crippen molar-refractivity contribution in [2.24, 2.45) is 0 Å². The van der Waals surface area contributed by atoms with Crippen LogP contribution in [0, 0.1) is 13.8 Å². The van der Waals surface area contributed by atoms with E-state index in [9.17, 15) is 0 Å². The predicted octanol–water partition coefficient (Wildman–Crippen LogP) is 3.80. The second-order valence-electron chi connectivity index (χ2n) is 4.85. The lowest BCUT2D eigenvalue weighted by atomic mass is 10.1. The summed E-state index contributed by atoms with van der Waals surface area (Å²) in [5, 5.41) is 0. The van der Waals surface area contributed by atoms with E-state index < -0.39 is 0 Å². The van der Waals surface area contributed by atoms with E-state index in [1.54, 1.807) is 0 Å². The van der Waals surface area contributed by atoms with Gasteiger partial charge in [0.05, 0.1) is 5.69 Å². The van der Waals surface area contributed by atoms with Gasteiger partial charge in [-0.2, -0.15) is 0 Å². The molecule has 1 saturated carbocycles. The van der Waals surface area contributed by atoms with Crippen LogP contribution in [0.4, 0.5) is 0 Å². The van der Waals surface area contributed by atoms with Gasteiger partial charge >= 0.3 is 0 Å². The van der Waals surface area contributed by atoms with Crippen LogP contribution >= 0.6 is 15.9 Å². The van der Waals surface area contributed by atoms with Gasteiger partial charge in [-0.25, -0.2) is 9.97 Å². The first-order valence-electron chi connectivity index (χ1n) is 6.12. The van der Waals surface area contributed by atoms with Gasteiger partial charge in [-0.1, -0.05) is 0 Å². The molecule has 0 spiro atoms. The average molecular weight is 304 g/mol. The van der Waals surface area contributed by atoms with Crippen molar-refractivity contribution >= 4 is 15.9 Å². The van der Waals surface area contributed by atoms with Gasteiger partial charge in [-0.05, 0) is 60.8 Å². The minimum atomic E-state index is 0.560. The third-order valence-electron chi connectivity index (χ3n) is 3.03. The first-order valence-corrected chi connectivity index (χ1v) is 6.91. The molecule has 2 heterocycles. The van der Waals surface area contributed by atoms with E-state index in [1.807, 2.05) is 19.9 Å². The molecule has 18 heavy (non-hydrogen) atoms. The molecular formula is C14H14BrN3. The van der Waals surface area contributed by atoms with Gasteiger partial charge < -0.3 is 0 Å². The normalized spacial score (nSPS) is 14.8. The largest absolute Gasteiger partial charge is 0.258 e. The standard InChI is InChI=1S/C14H14BrN3/c1-8-5-11(6-9(2)16-8)12-7-13(15)18-14(17-12)10-3-4-10/h5-7,10H,3-4H2,1-2H3. The monoisotopic (exact) mass is 303 g/mol. The number of aryl methyl sites for hydroxylation is 2. The van der Waals surface area contributed by atoms with Gasteiger partial charge in [0.15, 0.2) is 0 Å². The quantitative estimate of drug-likeness (QED) is 0.792. The number of nitrogens with zero attached hydrogens (tertiary/aromatic N) is 3. The maximum Gasteiger partial charge on any atom is 0.133 e. The van der Waals surface area contributed by atoms with E-state index in [-0.39, 0.29) is 0 Å². The molecular weight excluding hydrogens is 290 g/mol. The molecule has 0 aromatic carbocycles. The van der Waals surface area contributed by atoms with Gasteiger partial charge in [0, 0.05) is 22.9 Å². The van der Waals surface area contributed by atoms with E-state index in [0.717, 1.165) is 33.1 Å². The van der Waals surface area contributed by atoms with Crippen LogP contribution in [-0.4, -0.2) is 15.0 Å². The minimum Gasteiger partial charge on any atom is -0.258 e. The van der Waals surface area contributed by atoms with Crippen LogP contribution in [0.1, 0.15) is 36.0 Å². The number of pyridine rings is 1. The second kappa shape index (κ2) is 4.43. The van der Waals surface area contributed by atoms with E-state index in [0.29, 0.717) is 5.92 Å². The Morgan fingerprint density at radius 2 is 1.67 bits per heavy atom. The zero-order valence-electron chi connectivity index (χ0n) is 10.4. The molecule has 1 aliphatic rings. The summed E-state index contributed by atoms with van der Waals surface area (Å²) >= 11 is 3.48. The minimum absolute atomic E-state index is 0.560. The van der Waals surface area contributed by atoms with E-state index in [1.165, 1.54) is 12.8 Å². The molecule has 0 aliphatic heterocycles. The van der Waals surface area contributed by atoms with Crippen molar-refractivity contribution in [3.8, 4) is 11.3 Å². The highest BCUT2D eigenvalue weighted by Crippen LogP contribution is 2.39. The number of hydrogen-bond acceptors (Lipinski definition) is 3. The Kier molecular flexibility index (Phi) is 2.90. The fourth-order valence-corrected chi connectivity index (χ4v) is 2.49. The Hall–Kier alpha value is -1.29. The van der Waals surface area contributed by atoms with Crippen LogP contribution in [0.2, 0.25) is 0 Å². The van der Waals surface area contributed by atoms with Crippen molar-refractivity contribution < 1.29 is 0 Å². The summed E-state index contributed by atoms with van der Waals surface area (Å²) < 4.78 is 0.863. The second-order valence-corrected chi connectivity index (χ2v) is 5.66. The molecule has 1 aliphatic carbocycles. The van der Waals surface area contributed by atoms with Gasteiger partial charge in [0.2, 0.25) is 0 Å². The van der Waals surface area contributed by atoms with Crippen LogP contribution in [-0.2, 0) is 0 Å². The average Bonchev–Trinajstić information content (AvgIpc) is 3.10. The van der Waals surface area contributed by atoms with Crippen molar-refractivity contribution in [2.75, 3.05) is 0 Å². The van der Waals surface area contributed by atoms with Crippen molar-refractivity contribution in [2.45, 2.75) is 32.6 Å². The highest BCUT2D eigenvalue weighted by Gasteiger charge is 2.27. The van der Waals surface area contributed by atoms with Gasteiger partial charge in [-0.3, -0.25) is 4.98 Å². The van der Waals surface area contributed by atoms with Crippen LogP contribution < -0.4 is 0 Å². The zero-order chi connectivity index (χ0) is 12.7. The maximum atomic E-state index is 4.68. The Balaban J connectivity index is 2.09. The summed E-state index contributed by atoms with van der Waals surface area (Å²) in [4.78, 5) is 13.5. The summed E-state index contributed by atoms with van der Waals surface area (Å²) in [6.45, 7) is 4.02. The Bertz CT molecular complexity index is 586. The van der Waals surface area contributed by atoms with Crippen LogP contribution in [0.25, 0.3) is 11.3 Å². The molecule has 92 valence electrons. The molecule has 2 aromatic rings. The lowest BCUT2D eigenvalue weighted by Gasteiger charge is -2.06.